The number of carbonyl (C=O) groups excluding carboxylic acids is 1. The third-order valence-corrected chi connectivity index (χ3v) is 7.13. The van der Waals surface area contributed by atoms with Crippen LogP contribution in [0.3, 0.4) is 0 Å². The van der Waals surface area contributed by atoms with Crippen molar-refractivity contribution in [3.05, 3.63) is 0 Å². The lowest BCUT2D eigenvalue weighted by Gasteiger charge is -2.32. The summed E-state index contributed by atoms with van der Waals surface area (Å²) in [7, 11) is -1.12. The zero-order valence-corrected chi connectivity index (χ0v) is 15.1. The van der Waals surface area contributed by atoms with Crippen molar-refractivity contribution in [2.24, 2.45) is 5.92 Å². The Morgan fingerprint density at radius 2 is 1.73 bits per heavy atom. The summed E-state index contributed by atoms with van der Waals surface area (Å²) in [4.78, 5) is 14.0. The second-order valence-corrected chi connectivity index (χ2v) is 8.81. The molecule has 0 unspecified atom stereocenters. The van der Waals surface area contributed by atoms with E-state index in [0.717, 1.165) is 58.2 Å². The molecule has 2 aliphatic rings. The lowest BCUT2D eigenvalue weighted by Crippen LogP contribution is -2.41. The summed E-state index contributed by atoms with van der Waals surface area (Å²) in [5.41, 5.74) is 0. The molecule has 1 aliphatic carbocycles. The number of nitrogens with one attached hydrogen (secondary N) is 1. The molecule has 2 rings (SSSR count). The fraction of sp³-hybridized carbons (Fsp3) is 0.933. The zero-order chi connectivity index (χ0) is 15.3. The fourth-order valence-electron chi connectivity index (χ4n) is 3.48. The van der Waals surface area contributed by atoms with Crippen molar-refractivity contribution in [1.82, 2.24) is 10.2 Å². The van der Waals surface area contributed by atoms with Gasteiger partial charge in [-0.15, -0.1) is 12.4 Å². The molecule has 1 aliphatic heterocycles. The maximum atomic E-state index is 12.2. The molecule has 0 aromatic heterocycles. The minimum absolute atomic E-state index is 0. The minimum atomic E-state index is -3.07. The molecule has 130 valence electrons. The Balaban J connectivity index is 0.00000242. The molecule has 1 saturated carbocycles. The quantitative estimate of drug-likeness (QED) is 0.788. The second kappa shape index (κ2) is 9.08. The van der Waals surface area contributed by atoms with Gasteiger partial charge in [0.25, 0.3) is 0 Å². The van der Waals surface area contributed by atoms with Gasteiger partial charge in [0.15, 0.2) is 9.84 Å². The van der Waals surface area contributed by atoms with Gasteiger partial charge in [0, 0.05) is 19.5 Å². The largest absolute Gasteiger partial charge is 0.343 e. The van der Waals surface area contributed by atoms with Gasteiger partial charge in [0.05, 0.1) is 11.0 Å². The number of likely N-dealkylation sites (tertiary alicyclic amines) is 1. The van der Waals surface area contributed by atoms with Gasteiger partial charge in [-0.25, -0.2) is 8.42 Å². The molecule has 1 saturated heterocycles. The molecule has 1 N–H and O–H groups in total. The first kappa shape index (κ1) is 19.7. The van der Waals surface area contributed by atoms with Crippen molar-refractivity contribution in [3.63, 3.8) is 0 Å². The number of rotatable bonds is 6. The van der Waals surface area contributed by atoms with Crippen LogP contribution in [0.4, 0.5) is 0 Å². The predicted octanol–water partition coefficient (Wildman–Crippen LogP) is 1.61. The number of halogens is 1. The van der Waals surface area contributed by atoms with Crippen molar-refractivity contribution in [1.29, 1.82) is 0 Å². The average molecular weight is 353 g/mol. The van der Waals surface area contributed by atoms with Crippen molar-refractivity contribution < 1.29 is 13.2 Å². The van der Waals surface area contributed by atoms with E-state index in [2.05, 4.69) is 5.32 Å². The first-order valence-corrected chi connectivity index (χ1v) is 9.88. The summed E-state index contributed by atoms with van der Waals surface area (Å²) in [6.45, 7) is 2.54. The molecular formula is C15H29ClN2O3S. The first-order chi connectivity index (χ1) is 10.0. The van der Waals surface area contributed by atoms with E-state index in [1.165, 1.54) is 0 Å². The standard InChI is InChI=1S/C15H28N2O3S.ClH/c1-16-12-13-6-9-17(10-7-13)15(18)8-11-21(19,20)14-4-2-3-5-14;/h13-14,16H,2-12H2,1H3;1H. The number of sulfone groups is 1. The topological polar surface area (TPSA) is 66.5 Å². The third kappa shape index (κ3) is 5.39. The Hall–Kier alpha value is -0.330. The van der Waals surface area contributed by atoms with Gasteiger partial charge in [0.1, 0.15) is 0 Å². The molecule has 1 heterocycles. The van der Waals surface area contributed by atoms with Crippen LogP contribution in [0.1, 0.15) is 44.9 Å². The van der Waals surface area contributed by atoms with Crippen LogP contribution in [0.5, 0.6) is 0 Å². The van der Waals surface area contributed by atoms with Crippen LogP contribution >= 0.6 is 12.4 Å². The van der Waals surface area contributed by atoms with E-state index < -0.39 is 9.84 Å². The monoisotopic (exact) mass is 352 g/mol. The van der Waals surface area contributed by atoms with E-state index in [1.807, 2.05) is 11.9 Å². The van der Waals surface area contributed by atoms with Crippen LogP contribution < -0.4 is 5.32 Å². The summed E-state index contributed by atoms with van der Waals surface area (Å²) in [5.74, 6) is 0.688. The van der Waals surface area contributed by atoms with Crippen molar-refractivity contribution >= 4 is 28.2 Å². The lowest BCUT2D eigenvalue weighted by molar-refractivity contribution is -0.132. The Kier molecular flexibility index (Phi) is 8.14. The first-order valence-electron chi connectivity index (χ1n) is 8.17. The number of piperidine rings is 1. The van der Waals surface area contributed by atoms with E-state index in [0.29, 0.717) is 5.92 Å². The Morgan fingerprint density at radius 1 is 1.14 bits per heavy atom. The molecule has 7 heteroatoms. The number of hydrogen-bond donors (Lipinski definition) is 1. The van der Waals surface area contributed by atoms with Gasteiger partial charge < -0.3 is 10.2 Å². The Morgan fingerprint density at radius 3 is 2.27 bits per heavy atom. The fourth-order valence-corrected chi connectivity index (χ4v) is 5.32. The van der Waals surface area contributed by atoms with E-state index in [1.54, 1.807) is 0 Å². The highest BCUT2D eigenvalue weighted by Crippen LogP contribution is 2.26. The number of carbonyl (C=O) groups is 1. The van der Waals surface area contributed by atoms with Gasteiger partial charge in [-0.1, -0.05) is 12.8 Å². The highest BCUT2D eigenvalue weighted by atomic mass is 35.5. The van der Waals surface area contributed by atoms with E-state index in [4.69, 9.17) is 0 Å². The van der Waals surface area contributed by atoms with Crippen LogP contribution in [0.15, 0.2) is 0 Å². The summed E-state index contributed by atoms with van der Waals surface area (Å²) in [6, 6.07) is 0. The Bertz CT molecular complexity index is 442. The minimum Gasteiger partial charge on any atom is -0.343 e. The maximum Gasteiger partial charge on any atom is 0.223 e. The molecule has 0 aromatic carbocycles. The smallest absolute Gasteiger partial charge is 0.223 e. The summed E-state index contributed by atoms with van der Waals surface area (Å²) >= 11 is 0. The molecule has 0 radical (unpaired) electrons. The van der Waals surface area contributed by atoms with Crippen LogP contribution in [0.25, 0.3) is 0 Å². The van der Waals surface area contributed by atoms with Gasteiger partial charge >= 0.3 is 0 Å². The SMILES string of the molecule is CNCC1CCN(C(=O)CCS(=O)(=O)C2CCCC2)CC1.Cl. The molecule has 5 nitrogen and oxygen atoms in total. The Labute approximate surface area is 140 Å². The summed E-state index contributed by atoms with van der Waals surface area (Å²) in [5, 5.41) is 2.99. The zero-order valence-electron chi connectivity index (χ0n) is 13.4. The van der Waals surface area contributed by atoms with Crippen molar-refractivity contribution in [3.8, 4) is 0 Å². The normalized spacial score (nSPS) is 20.9. The van der Waals surface area contributed by atoms with Crippen LogP contribution in [0, 0.1) is 5.92 Å². The van der Waals surface area contributed by atoms with E-state index in [-0.39, 0.29) is 35.7 Å². The van der Waals surface area contributed by atoms with E-state index >= 15 is 0 Å². The summed E-state index contributed by atoms with van der Waals surface area (Å²) in [6.07, 6.45) is 5.78. The molecule has 2 fully saturated rings. The average Bonchev–Trinajstić information content (AvgIpc) is 3.01. The predicted molar refractivity (Wildman–Crippen MR) is 91.1 cm³/mol. The van der Waals surface area contributed by atoms with Gasteiger partial charge in [-0.05, 0) is 45.2 Å². The molecule has 1 amide bonds. The highest BCUT2D eigenvalue weighted by Gasteiger charge is 2.30. The maximum absolute atomic E-state index is 12.2. The number of hydrogen-bond acceptors (Lipinski definition) is 4. The molecular weight excluding hydrogens is 324 g/mol. The lowest BCUT2D eigenvalue weighted by atomic mass is 9.97. The van der Waals surface area contributed by atoms with E-state index in [9.17, 15) is 13.2 Å². The molecule has 22 heavy (non-hydrogen) atoms. The molecule has 0 aromatic rings. The van der Waals surface area contributed by atoms with Crippen LogP contribution in [-0.4, -0.2) is 56.9 Å². The van der Waals surface area contributed by atoms with Gasteiger partial charge in [0.2, 0.25) is 5.91 Å². The number of amides is 1. The van der Waals surface area contributed by atoms with Crippen molar-refractivity contribution in [2.75, 3.05) is 32.4 Å². The molecule has 0 spiro atoms. The summed E-state index contributed by atoms with van der Waals surface area (Å²) < 4.78 is 24.4. The highest BCUT2D eigenvalue weighted by molar-refractivity contribution is 7.92. The van der Waals surface area contributed by atoms with Crippen LogP contribution in [-0.2, 0) is 14.6 Å². The van der Waals surface area contributed by atoms with Crippen molar-refractivity contribution in [2.45, 2.75) is 50.2 Å². The second-order valence-electron chi connectivity index (χ2n) is 6.41. The molecule has 0 atom stereocenters. The van der Waals surface area contributed by atoms with Crippen LogP contribution in [0.2, 0.25) is 0 Å². The van der Waals surface area contributed by atoms with Gasteiger partial charge in [-0.2, -0.15) is 0 Å². The molecule has 0 bridgehead atoms. The van der Waals surface area contributed by atoms with Gasteiger partial charge in [-0.3, -0.25) is 4.79 Å². The third-order valence-electron chi connectivity index (χ3n) is 4.87. The number of nitrogens with zero attached hydrogens (tertiary/aromatic N) is 1.